The van der Waals surface area contributed by atoms with Gasteiger partial charge in [-0.05, 0) is 57.8 Å². The number of rotatable bonds is 41. The topological polar surface area (TPSA) is 152 Å². The Morgan fingerprint density at radius 1 is 0.632 bits per heavy atom. The molecule has 0 rings (SSSR count). The van der Waals surface area contributed by atoms with Crippen LogP contribution < -0.4 is 34.5 Å². The molecule has 57 heavy (non-hydrogen) atoms. The van der Waals surface area contributed by atoms with Crippen molar-refractivity contribution in [2.75, 3.05) is 26.3 Å². The molecule has 0 heterocycles. The molecule has 0 fully saturated rings. The Balaban J connectivity index is 0. The summed E-state index contributed by atoms with van der Waals surface area (Å²) < 4.78 is 73.0. The summed E-state index contributed by atoms with van der Waals surface area (Å²) in [6.07, 6.45) is 35.6. The normalized spacial score (nSPS) is 16.4. The number of carbonyl (C=O) groups is 2. The van der Waals surface area contributed by atoms with Crippen LogP contribution in [0.5, 0.6) is 0 Å². The Hall–Kier alpha value is -1.07. The number of esters is 2. The first-order valence-corrected chi connectivity index (χ1v) is 23.0. The molecule has 0 aliphatic rings. The van der Waals surface area contributed by atoms with Crippen LogP contribution in [0, 0.1) is 0 Å². The molecular weight excluding hydrogens is 754 g/mol. The molecule has 0 aromatic carbocycles. The van der Waals surface area contributed by atoms with Crippen molar-refractivity contribution in [1.29, 1.82) is 0 Å². The number of allylic oxidation sites excluding steroid dienone is 8. The zero-order valence-corrected chi connectivity index (χ0v) is 38.7. The van der Waals surface area contributed by atoms with Crippen LogP contribution in [-0.4, -0.2) is 60.7 Å². The number of phosphoric ester groups is 1. The van der Waals surface area contributed by atoms with Crippen molar-refractivity contribution in [3.63, 3.8) is 0 Å². The summed E-state index contributed by atoms with van der Waals surface area (Å²) >= 11 is 0. The van der Waals surface area contributed by atoms with Gasteiger partial charge in [-0.1, -0.05) is 165 Å². The zero-order valence-electron chi connectivity index (χ0n) is 40.8. The van der Waals surface area contributed by atoms with E-state index in [0.717, 1.165) is 57.8 Å². The van der Waals surface area contributed by atoms with Crippen LogP contribution in [0.3, 0.4) is 0 Å². The molecule has 0 radical (unpaired) electrons. The van der Waals surface area contributed by atoms with Gasteiger partial charge in [0.25, 0.3) is 7.82 Å². The molecule has 326 valence electrons. The smallest absolute Gasteiger partial charge is 0.756 e. The van der Waals surface area contributed by atoms with E-state index in [-0.39, 0.29) is 48.8 Å². The summed E-state index contributed by atoms with van der Waals surface area (Å²) in [7, 11) is -5.76. The summed E-state index contributed by atoms with van der Waals surface area (Å²) in [5.74, 6) is -2.39. The quantitative estimate of drug-likeness (QED) is 0.0203. The first kappa shape index (κ1) is 48.6. The minimum Gasteiger partial charge on any atom is -0.756 e. The average Bonchev–Trinajstić information content (AvgIpc) is 3.20. The molecule has 2 unspecified atom stereocenters. The van der Waals surface area contributed by atoms with Crippen molar-refractivity contribution in [1.82, 2.24) is 0 Å². The van der Waals surface area contributed by atoms with Crippen LogP contribution in [0.25, 0.3) is 0 Å². The number of hydrogen-bond acceptors (Lipinski definition) is 10. The molecule has 12 heteroatoms. The third kappa shape index (κ3) is 44.3. The van der Waals surface area contributed by atoms with E-state index >= 15 is 0 Å². The van der Waals surface area contributed by atoms with Gasteiger partial charge in [0.05, 0.1) is 26.6 Å². The van der Waals surface area contributed by atoms with Crippen LogP contribution >= 0.6 is 7.82 Å². The number of aliphatic hydroxyl groups excluding tert-OH is 2. The van der Waals surface area contributed by atoms with Gasteiger partial charge in [0.1, 0.15) is 12.7 Å². The van der Waals surface area contributed by atoms with Crippen LogP contribution in [0.2, 0.25) is 0 Å². The molecule has 0 aromatic rings. The molecule has 0 spiro atoms. The fraction of sp³-hybridized carbons (Fsp3) is 0.778. The van der Waals surface area contributed by atoms with E-state index in [1.54, 1.807) is 0 Å². The monoisotopic (exact) mass is 840 g/mol. The Bertz CT molecular complexity index is 1300. The number of aliphatic hydroxyl groups is 2. The Labute approximate surface area is 376 Å². The summed E-state index contributed by atoms with van der Waals surface area (Å²) in [6, 6.07) is 0. The largest absolute Gasteiger partial charge is 1.00 e. The van der Waals surface area contributed by atoms with E-state index in [4.69, 9.17) is 21.4 Å². The standard InChI is InChI=1S/C45H81O10P.Na/c1-3-5-7-9-11-13-15-17-19-20-21-22-23-25-27-29-31-33-35-37-45(49)55-43(41-54-56(50,51)53-39-42(47)38-46)40-52-44(48)36-34-32-30-28-26-24-18-16-14-12-10-8-6-4-2;/h11,13,17,19,21-22,25,27,42-43,46-47H,3-10,12,14-16,18,20,23-24,26,28-41H2,1-2H3,(H,50,51);/q;+1/p-1/b13-11-,19-17-,22-21-,27-25-;/t42?,43-;/m1./s1/i40D2,41D2,43D;. The molecule has 0 aliphatic heterocycles. The summed E-state index contributed by atoms with van der Waals surface area (Å²) in [6.45, 7) is -5.25. The van der Waals surface area contributed by atoms with Crippen molar-refractivity contribution in [2.24, 2.45) is 0 Å². The Morgan fingerprint density at radius 3 is 1.53 bits per heavy atom. The molecule has 0 aliphatic carbocycles. The Morgan fingerprint density at radius 2 is 1.04 bits per heavy atom. The molecule has 0 saturated heterocycles. The maximum atomic E-state index is 12.9. The minimum atomic E-state index is -5.76. The van der Waals surface area contributed by atoms with E-state index in [1.165, 1.54) is 70.6 Å². The number of phosphoric acid groups is 1. The maximum Gasteiger partial charge on any atom is 1.00 e. The van der Waals surface area contributed by atoms with E-state index in [2.05, 4.69) is 59.4 Å². The van der Waals surface area contributed by atoms with Crippen molar-refractivity contribution >= 4 is 19.8 Å². The van der Waals surface area contributed by atoms with Crippen molar-refractivity contribution < 1.29 is 84.2 Å². The zero-order chi connectivity index (χ0) is 45.7. The van der Waals surface area contributed by atoms with Gasteiger partial charge in [-0.3, -0.25) is 14.2 Å². The number of ether oxygens (including phenoxy) is 2. The number of unbranched alkanes of at least 4 members (excludes halogenated alkanes) is 19. The third-order valence-electron chi connectivity index (χ3n) is 8.80. The van der Waals surface area contributed by atoms with E-state index in [9.17, 15) is 24.2 Å². The summed E-state index contributed by atoms with van der Waals surface area (Å²) in [5.41, 5.74) is 0. The number of carbonyl (C=O) groups excluding carboxylic acids is 2. The predicted molar refractivity (Wildman–Crippen MR) is 226 cm³/mol. The van der Waals surface area contributed by atoms with Crippen LogP contribution in [0.15, 0.2) is 48.6 Å². The van der Waals surface area contributed by atoms with Gasteiger partial charge in [-0.25, -0.2) is 0 Å². The van der Waals surface area contributed by atoms with Crippen LogP contribution in [-0.2, 0) is 32.7 Å². The van der Waals surface area contributed by atoms with Gasteiger partial charge in [0.15, 0.2) is 6.08 Å². The molecule has 3 atom stereocenters. The van der Waals surface area contributed by atoms with Gasteiger partial charge in [-0.2, -0.15) is 0 Å². The van der Waals surface area contributed by atoms with Crippen molar-refractivity contribution in [3.8, 4) is 0 Å². The summed E-state index contributed by atoms with van der Waals surface area (Å²) in [4.78, 5) is 38.1. The molecule has 0 bridgehead atoms. The van der Waals surface area contributed by atoms with E-state index < -0.39 is 58.3 Å². The second kappa shape index (κ2) is 44.5. The molecule has 0 amide bonds. The van der Waals surface area contributed by atoms with Gasteiger partial charge < -0.3 is 33.6 Å². The maximum absolute atomic E-state index is 12.9. The van der Waals surface area contributed by atoms with Crippen molar-refractivity contribution in [2.45, 2.75) is 199 Å². The van der Waals surface area contributed by atoms with Crippen LogP contribution in [0.4, 0.5) is 0 Å². The molecular formula is C45H80NaO10P. The first-order valence-electron chi connectivity index (χ1n) is 24.1. The summed E-state index contributed by atoms with van der Waals surface area (Å²) in [5, 5.41) is 18.4. The minimum absolute atomic E-state index is 0. The van der Waals surface area contributed by atoms with E-state index in [0.29, 0.717) is 25.7 Å². The van der Waals surface area contributed by atoms with Gasteiger partial charge >= 0.3 is 41.5 Å². The number of hydrogen-bond donors (Lipinski definition) is 2. The van der Waals surface area contributed by atoms with Crippen LogP contribution in [0.1, 0.15) is 194 Å². The van der Waals surface area contributed by atoms with Gasteiger partial charge in [0.2, 0.25) is 0 Å². The fourth-order valence-corrected chi connectivity index (χ4v) is 6.07. The Kier molecular flexibility index (Phi) is 37.9. The van der Waals surface area contributed by atoms with Gasteiger partial charge in [0, 0.05) is 12.8 Å². The second-order valence-corrected chi connectivity index (χ2v) is 15.5. The molecule has 0 aromatic heterocycles. The average molecular weight is 840 g/mol. The van der Waals surface area contributed by atoms with Crippen molar-refractivity contribution in [3.05, 3.63) is 48.6 Å². The third-order valence-corrected chi connectivity index (χ3v) is 9.58. The molecule has 10 nitrogen and oxygen atoms in total. The van der Waals surface area contributed by atoms with Gasteiger partial charge in [-0.15, -0.1) is 0 Å². The fourth-order valence-electron chi connectivity index (χ4n) is 5.47. The predicted octanol–water partition coefficient (Wildman–Crippen LogP) is 8.10. The first-order chi connectivity index (χ1) is 29.1. The van der Waals surface area contributed by atoms with E-state index in [1.807, 2.05) is 12.2 Å². The molecule has 2 N–H and O–H groups in total. The molecule has 0 saturated carbocycles. The SMILES string of the molecule is [2H]C([2H])(OC(=O)CCCCCCCCCCCCCCCC)[C@@]([2H])(OC(=O)CCCCC/C=C\C/C=C\C/C=C\C/C=C\CCCCC)C([2H])([2H])OP(=O)([O-])OCC(O)CO.[Na+]. The second-order valence-electron chi connectivity index (χ2n) is 14.2.